The van der Waals surface area contributed by atoms with Gasteiger partial charge in [0.1, 0.15) is 4.90 Å². The Labute approximate surface area is 99.5 Å². The van der Waals surface area contributed by atoms with Gasteiger partial charge in [-0.15, -0.1) is 0 Å². The monoisotopic (exact) mass is 283 g/mol. The van der Waals surface area contributed by atoms with Crippen LogP contribution in [0.4, 0.5) is 18.9 Å². The summed E-state index contributed by atoms with van der Waals surface area (Å²) in [5, 5.41) is 1.85. The van der Waals surface area contributed by atoms with Crippen molar-refractivity contribution < 1.29 is 26.1 Å². The average Bonchev–Trinajstić information content (AvgIpc) is 2.15. The van der Waals surface area contributed by atoms with Gasteiger partial charge in [-0.2, -0.15) is 26.6 Å². The van der Waals surface area contributed by atoms with Gasteiger partial charge in [0, 0.05) is 0 Å². The van der Waals surface area contributed by atoms with E-state index in [1.807, 2.05) is 5.16 Å². The zero-order chi connectivity index (χ0) is 13.3. The molecule has 4 nitrogen and oxygen atoms in total. The second-order valence-corrected chi connectivity index (χ2v) is 4.43. The van der Waals surface area contributed by atoms with Crippen LogP contribution < -0.4 is 0 Å². The Bertz CT molecular complexity index is 589. The predicted molar refractivity (Wildman–Crippen MR) is 55.9 cm³/mol. The maximum Gasteiger partial charge on any atom is 0.417 e. The van der Waals surface area contributed by atoms with E-state index in [1.54, 1.807) is 0 Å². The van der Waals surface area contributed by atoms with Crippen molar-refractivity contribution in [3.8, 4) is 0 Å². The number of halogens is 3. The van der Waals surface area contributed by atoms with Gasteiger partial charge in [0.05, 0.1) is 16.4 Å². The Morgan fingerprint density at radius 1 is 1.35 bits per heavy atom. The van der Waals surface area contributed by atoms with Crippen molar-refractivity contribution in [3.05, 3.63) is 23.8 Å². The molecular weight excluding hydrogens is 279 g/mol. The summed E-state index contributed by atoms with van der Waals surface area (Å²) in [5.41, 5.74) is -1.72. The number of thiocarbonyl (C=S) groups is 1. The molecule has 0 unspecified atom stereocenters. The number of hydrogen-bond donors (Lipinski definition) is 1. The van der Waals surface area contributed by atoms with Crippen LogP contribution in [0.2, 0.25) is 0 Å². The quantitative estimate of drug-likeness (QED) is 0.515. The lowest BCUT2D eigenvalue weighted by Gasteiger charge is -2.10. The Morgan fingerprint density at radius 3 is 2.35 bits per heavy atom. The van der Waals surface area contributed by atoms with Crippen molar-refractivity contribution in [1.29, 1.82) is 0 Å². The smallest absolute Gasteiger partial charge is 0.282 e. The van der Waals surface area contributed by atoms with E-state index in [9.17, 15) is 21.6 Å². The van der Waals surface area contributed by atoms with E-state index in [4.69, 9.17) is 4.55 Å². The predicted octanol–water partition coefficient (Wildman–Crippen LogP) is 2.69. The first-order valence-electron chi connectivity index (χ1n) is 3.93. The van der Waals surface area contributed by atoms with Gasteiger partial charge >= 0.3 is 6.18 Å². The van der Waals surface area contributed by atoms with Crippen molar-refractivity contribution in [3.63, 3.8) is 0 Å². The topological polar surface area (TPSA) is 66.7 Å². The van der Waals surface area contributed by atoms with E-state index in [0.29, 0.717) is 12.1 Å². The van der Waals surface area contributed by atoms with Crippen LogP contribution in [0.1, 0.15) is 5.56 Å². The van der Waals surface area contributed by atoms with Crippen molar-refractivity contribution in [2.24, 2.45) is 4.99 Å². The molecule has 0 aliphatic carbocycles. The van der Waals surface area contributed by atoms with Crippen LogP contribution >= 0.6 is 12.2 Å². The highest BCUT2D eigenvalue weighted by Gasteiger charge is 2.37. The third kappa shape index (κ3) is 3.34. The fourth-order valence-corrected chi connectivity index (χ4v) is 1.88. The zero-order valence-electron chi connectivity index (χ0n) is 7.89. The van der Waals surface area contributed by atoms with E-state index < -0.39 is 26.8 Å². The van der Waals surface area contributed by atoms with Crippen LogP contribution in [0, 0.1) is 0 Å². The minimum Gasteiger partial charge on any atom is -0.282 e. The molecule has 1 rings (SSSR count). The van der Waals surface area contributed by atoms with Crippen LogP contribution in [0.5, 0.6) is 0 Å². The summed E-state index contributed by atoms with van der Waals surface area (Å²) in [6.45, 7) is 0. The number of nitrogens with zero attached hydrogens (tertiary/aromatic N) is 1. The van der Waals surface area contributed by atoms with Gasteiger partial charge < -0.3 is 0 Å². The zero-order valence-corrected chi connectivity index (χ0v) is 9.53. The summed E-state index contributed by atoms with van der Waals surface area (Å²) in [7, 11) is -4.96. The molecule has 17 heavy (non-hydrogen) atoms. The molecule has 0 aromatic heterocycles. The fraction of sp³-hybridized carbons (Fsp3) is 0.125. The third-order valence-corrected chi connectivity index (χ3v) is 2.72. The number of benzene rings is 1. The summed E-state index contributed by atoms with van der Waals surface area (Å²) in [5.74, 6) is 0. The standard InChI is InChI=1S/C8H4F3NO3S2/c9-8(10,11)6-3-5(12-4-16)1-2-7(6)17(13,14)15/h1-3H,(H,13,14,15). The van der Waals surface area contributed by atoms with Gasteiger partial charge in [-0.1, -0.05) is 0 Å². The summed E-state index contributed by atoms with van der Waals surface area (Å²) < 4.78 is 67.8. The van der Waals surface area contributed by atoms with Crippen LogP contribution in [0.25, 0.3) is 0 Å². The Balaban J connectivity index is 3.59. The minimum atomic E-state index is -4.96. The lowest BCUT2D eigenvalue weighted by atomic mass is 10.2. The van der Waals surface area contributed by atoms with Gasteiger partial charge in [0.2, 0.25) is 0 Å². The van der Waals surface area contributed by atoms with Crippen LogP contribution in [-0.2, 0) is 16.3 Å². The first kappa shape index (κ1) is 13.8. The average molecular weight is 283 g/mol. The van der Waals surface area contributed by atoms with E-state index in [2.05, 4.69) is 17.2 Å². The number of hydrogen-bond acceptors (Lipinski definition) is 4. The number of alkyl halides is 3. The molecule has 1 aromatic carbocycles. The molecule has 0 saturated carbocycles. The lowest BCUT2D eigenvalue weighted by molar-refractivity contribution is -0.139. The van der Waals surface area contributed by atoms with Crippen LogP contribution in [0.3, 0.4) is 0 Å². The summed E-state index contributed by atoms with van der Waals surface area (Å²) >= 11 is 4.21. The molecule has 0 amide bonds. The molecule has 0 heterocycles. The van der Waals surface area contributed by atoms with E-state index in [-0.39, 0.29) is 5.69 Å². The molecule has 0 fully saturated rings. The molecule has 0 radical (unpaired) electrons. The molecule has 0 bridgehead atoms. The highest BCUT2D eigenvalue weighted by molar-refractivity contribution is 7.85. The van der Waals surface area contributed by atoms with E-state index in [1.165, 1.54) is 0 Å². The normalized spacial score (nSPS) is 12.0. The second kappa shape index (κ2) is 4.53. The molecule has 9 heteroatoms. The highest BCUT2D eigenvalue weighted by atomic mass is 32.2. The van der Waals surface area contributed by atoms with E-state index in [0.717, 1.165) is 6.07 Å². The SMILES string of the molecule is O=S(=O)(O)c1ccc(N=C=S)cc1C(F)(F)F. The molecule has 1 aromatic rings. The van der Waals surface area contributed by atoms with Gasteiger partial charge in [0.15, 0.2) is 0 Å². The van der Waals surface area contributed by atoms with Crippen molar-refractivity contribution in [1.82, 2.24) is 0 Å². The molecular formula is C8H4F3NO3S2. The molecule has 1 N–H and O–H groups in total. The third-order valence-electron chi connectivity index (χ3n) is 1.72. The fourth-order valence-electron chi connectivity index (χ4n) is 1.09. The summed E-state index contributed by atoms with van der Waals surface area (Å²) in [4.78, 5) is 2.06. The number of rotatable bonds is 2. The van der Waals surface area contributed by atoms with Gasteiger partial charge in [-0.05, 0) is 30.4 Å². The van der Waals surface area contributed by atoms with Gasteiger partial charge in [-0.25, -0.2) is 0 Å². The largest absolute Gasteiger partial charge is 0.417 e. The molecule has 0 saturated heterocycles. The minimum absolute atomic E-state index is 0.209. The van der Waals surface area contributed by atoms with Gasteiger partial charge in [-0.3, -0.25) is 4.55 Å². The molecule has 0 atom stereocenters. The van der Waals surface area contributed by atoms with Crippen LogP contribution in [0.15, 0.2) is 28.1 Å². The Morgan fingerprint density at radius 2 is 1.94 bits per heavy atom. The maximum atomic E-state index is 12.5. The summed E-state index contributed by atoms with van der Waals surface area (Å²) in [6, 6.07) is 2.03. The Hall–Kier alpha value is -1.28. The van der Waals surface area contributed by atoms with E-state index >= 15 is 0 Å². The molecule has 0 aliphatic rings. The lowest BCUT2D eigenvalue weighted by Crippen LogP contribution is -2.12. The summed E-state index contributed by atoms with van der Waals surface area (Å²) in [6.07, 6.45) is -4.93. The highest BCUT2D eigenvalue weighted by Crippen LogP contribution is 2.36. The molecule has 92 valence electrons. The second-order valence-electron chi connectivity index (χ2n) is 2.86. The van der Waals surface area contributed by atoms with Crippen molar-refractivity contribution in [2.75, 3.05) is 0 Å². The number of aliphatic imine (C=N–C) groups is 1. The maximum absolute atomic E-state index is 12.5. The van der Waals surface area contributed by atoms with Gasteiger partial charge in [0.25, 0.3) is 10.1 Å². The van der Waals surface area contributed by atoms with Crippen LogP contribution in [-0.4, -0.2) is 18.1 Å². The number of isothiocyanates is 1. The first-order chi connectivity index (χ1) is 7.66. The van der Waals surface area contributed by atoms with Crippen molar-refractivity contribution >= 4 is 33.2 Å². The first-order valence-corrected chi connectivity index (χ1v) is 5.77. The molecule has 0 spiro atoms. The van der Waals surface area contributed by atoms with Crippen molar-refractivity contribution in [2.45, 2.75) is 11.1 Å². The Kier molecular flexibility index (Phi) is 3.68. The molecule has 0 aliphatic heterocycles.